The number of hydrogen-bond acceptors (Lipinski definition) is 7. The molecular weight excluding hydrogens is 398 g/mol. The first kappa shape index (κ1) is 23.2. The summed E-state index contributed by atoms with van der Waals surface area (Å²) in [6.45, 7) is 8.18. The van der Waals surface area contributed by atoms with Crippen LogP contribution in [0.5, 0.6) is 23.0 Å². The Morgan fingerprint density at radius 2 is 1.58 bits per heavy atom. The quantitative estimate of drug-likeness (QED) is 0.616. The van der Waals surface area contributed by atoms with Crippen LogP contribution in [0.15, 0.2) is 36.4 Å². The van der Waals surface area contributed by atoms with Crippen LogP contribution in [0.3, 0.4) is 0 Å². The van der Waals surface area contributed by atoms with Gasteiger partial charge in [0.2, 0.25) is 6.79 Å². The van der Waals surface area contributed by atoms with Crippen LogP contribution < -0.4 is 18.9 Å². The molecule has 0 saturated heterocycles. The largest absolute Gasteiger partial charge is 0.493 e. The van der Waals surface area contributed by atoms with Gasteiger partial charge in [0.1, 0.15) is 0 Å². The van der Waals surface area contributed by atoms with E-state index in [-0.39, 0.29) is 19.0 Å². The number of fused-ring (bicyclic) bond motifs is 1. The molecule has 0 radical (unpaired) electrons. The first-order chi connectivity index (χ1) is 14.8. The third-order valence-corrected chi connectivity index (χ3v) is 4.87. The number of aliphatic hydroxyl groups excluding tert-OH is 1. The Morgan fingerprint density at radius 3 is 2.26 bits per heavy atom. The maximum Gasteiger partial charge on any atom is 0.231 e. The molecular formula is C24H33NO6. The lowest BCUT2D eigenvalue weighted by Crippen LogP contribution is -2.36. The first-order valence-corrected chi connectivity index (χ1v) is 10.4. The summed E-state index contributed by atoms with van der Waals surface area (Å²) in [5.41, 5.74) is 1.84. The predicted octanol–water partition coefficient (Wildman–Crippen LogP) is 3.61. The van der Waals surface area contributed by atoms with E-state index in [9.17, 15) is 5.11 Å². The smallest absolute Gasteiger partial charge is 0.231 e. The van der Waals surface area contributed by atoms with Crippen LogP contribution in [0.2, 0.25) is 0 Å². The van der Waals surface area contributed by atoms with Crippen molar-refractivity contribution < 1.29 is 28.8 Å². The van der Waals surface area contributed by atoms with E-state index in [2.05, 4.69) is 4.90 Å². The third-order valence-electron chi connectivity index (χ3n) is 4.87. The van der Waals surface area contributed by atoms with Crippen LogP contribution in [0.4, 0.5) is 0 Å². The van der Waals surface area contributed by atoms with E-state index in [0.717, 1.165) is 22.6 Å². The summed E-state index contributed by atoms with van der Waals surface area (Å²) >= 11 is 0. The fourth-order valence-corrected chi connectivity index (χ4v) is 3.42. The molecule has 0 fully saturated rings. The second kappa shape index (κ2) is 10.2. The van der Waals surface area contributed by atoms with E-state index >= 15 is 0 Å². The lowest BCUT2D eigenvalue weighted by molar-refractivity contribution is -0.0572. The zero-order valence-corrected chi connectivity index (χ0v) is 19.0. The van der Waals surface area contributed by atoms with Crippen molar-refractivity contribution in [2.45, 2.75) is 45.6 Å². The normalized spacial score (nSPS) is 14.0. The molecule has 0 spiro atoms. The zero-order valence-electron chi connectivity index (χ0n) is 19.0. The van der Waals surface area contributed by atoms with Crippen molar-refractivity contribution in [3.8, 4) is 23.0 Å². The van der Waals surface area contributed by atoms with Crippen LogP contribution in [0.25, 0.3) is 0 Å². The van der Waals surface area contributed by atoms with Gasteiger partial charge in [-0.2, -0.15) is 0 Å². The molecule has 1 atom stereocenters. The first-order valence-electron chi connectivity index (χ1n) is 10.4. The lowest BCUT2D eigenvalue weighted by atomic mass is 10.1. The van der Waals surface area contributed by atoms with Crippen molar-refractivity contribution in [1.29, 1.82) is 0 Å². The maximum atomic E-state index is 10.6. The number of aliphatic hydroxyl groups is 1. The minimum absolute atomic E-state index is 0.247. The van der Waals surface area contributed by atoms with Crippen LogP contribution in [0, 0.1) is 0 Å². The van der Waals surface area contributed by atoms with Gasteiger partial charge in [-0.15, -0.1) is 0 Å². The van der Waals surface area contributed by atoms with E-state index < -0.39 is 6.10 Å². The fraction of sp³-hybridized carbons (Fsp3) is 0.500. The Labute approximate surface area is 184 Å². The number of ether oxygens (including phenoxy) is 5. The summed E-state index contributed by atoms with van der Waals surface area (Å²) < 4.78 is 27.5. The van der Waals surface area contributed by atoms with Gasteiger partial charge < -0.3 is 28.8 Å². The van der Waals surface area contributed by atoms with Crippen molar-refractivity contribution >= 4 is 0 Å². The Hall–Kier alpha value is -2.48. The van der Waals surface area contributed by atoms with Gasteiger partial charge in [0.15, 0.2) is 23.0 Å². The molecule has 0 aromatic heterocycles. The van der Waals surface area contributed by atoms with E-state index in [1.165, 1.54) is 0 Å². The number of methoxy groups -OCH3 is 2. The highest BCUT2D eigenvalue weighted by atomic mass is 16.7. The molecule has 1 heterocycles. The van der Waals surface area contributed by atoms with Gasteiger partial charge in [0, 0.05) is 19.6 Å². The number of hydrogen-bond donors (Lipinski definition) is 1. The van der Waals surface area contributed by atoms with Gasteiger partial charge in [-0.05, 0) is 56.2 Å². The van der Waals surface area contributed by atoms with Gasteiger partial charge in [-0.1, -0.05) is 12.1 Å². The molecule has 0 saturated carbocycles. The van der Waals surface area contributed by atoms with Crippen LogP contribution in [0.1, 0.15) is 31.9 Å². The topological polar surface area (TPSA) is 69.6 Å². The molecule has 170 valence electrons. The SMILES string of the molecule is COc1ccc(CN(Cc2ccc3c(c2)OCO3)CC(O)COC(C)(C)C)cc1OC. The van der Waals surface area contributed by atoms with Crippen molar-refractivity contribution in [3.05, 3.63) is 47.5 Å². The fourth-order valence-electron chi connectivity index (χ4n) is 3.42. The summed E-state index contributed by atoms with van der Waals surface area (Å²) in [6, 6.07) is 11.8. The molecule has 3 rings (SSSR count). The highest BCUT2D eigenvalue weighted by molar-refractivity contribution is 5.45. The van der Waals surface area contributed by atoms with Gasteiger partial charge >= 0.3 is 0 Å². The van der Waals surface area contributed by atoms with Gasteiger partial charge in [-0.3, -0.25) is 4.90 Å². The highest BCUT2D eigenvalue weighted by Gasteiger charge is 2.19. The molecule has 1 aliphatic rings. The summed E-state index contributed by atoms with van der Waals surface area (Å²) in [5, 5.41) is 10.6. The Bertz CT molecular complexity index is 864. The molecule has 1 N–H and O–H groups in total. The Balaban J connectivity index is 1.75. The Morgan fingerprint density at radius 1 is 0.935 bits per heavy atom. The number of rotatable bonds is 10. The minimum Gasteiger partial charge on any atom is -0.493 e. The second-order valence-electron chi connectivity index (χ2n) is 8.62. The van der Waals surface area contributed by atoms with E-state index in [1.807, 2.05) is 57.2 Å². The molecule has 1 unspecified atom stereocenters. The van der Waals surface area contributed by atoms with Gasteiger partial charge in [0.25, 0.3) is 0 Å². The monoisotopic (exact) mass is 431 g/mol. The number of nitrogens with zero attached hydrogens (tertiary/aromatic N) is 1. The van der Waals surface area contributed by atoms with Crippen LogP contribution in [-0.2, 0) is 17.8 Å². The molecule has 31 heavy (non-hydrogen) atoms. The summed E-state index contributed by atoms with van der Waals surface area (Å²) in [6.07, 6.45) is -0.617. The molecule has 0 bridgehead atoms. The molecule has 7 heteroatoms. The van der Waals surface area contributed by atoms with E-state index in [0.29, 0.717) is 31.1 Å². The van der Waals surface area contributed by atoms with E-state index in [1.54, 1.807) is 14.2 Å². The number of benzene rings is 2. The standard InChI is InChI=1S/C24H33NO6/c1-24(2,3)31-15-19(26)14-25(12-17-6-8-20(27-4)22(10-17)28-5)13-18-7-9-21-23(11-18)30-16-29-21/h6-11,19,26H,12-16H2,1-5H3. The predicted molar refractivity (Wildman–Crippen MR) is 118 cm³/mol. The average molecular weight is 432 g/mol. The lowest BCUT2D eigenvalue weighted by Gasteiger charge is -2.28. The molecule has 0 aliphatic carbocycles. The maximum absolute atomic E-state index is 10.6. The average Bonchev–Trinajstić information content (AvgIpc) is 3.19. The summed E-state index contributed by atoms with van der Waals surface area (Å²) in [5.74, 6) is 2.88. The zero-order chi connectivity index (χ0) is 22.4. The molecule has 1 aliphatic heterocycles. The third kappa shape index (κ3) is 6.75. The van der Waals surface area contributed by atoms with Crippen molar-refractivity contribution in [3.63, 3.8) is 0 Å². The van der Waals surface area contributed by atoms with Crippen molar-refractivity contribution in [1.82, 2.24) is 4.90 Å². The summed E-state index contributed by atoms with van der Waals surface area (Å²) in [4.78, 5) is 2.18. The molecule has 7 nitrogen and oxygen atoms in total. The highest BCUT2D eigenvalue weighted by Crippen LogP contribution is 2.33. The summed E-state index contributed by atoms with van der Waals surface area (Å²) in [7, 11) is 3.24. The van der Waals surface area contributed by atoms with Gasteiger partial charge in [-0.25, -0.2) is 0 Å². The molecule has 0 amide bonds. The minimum atomic E-state index is -0.617. The van der Waals surface area contributed by atoms with Crippen LogP contribution in [-0.4, -0.2) is 55.9 Å². The molecule has 2 aromatic rings. The second-order valence-corrected chi connectivity index (χ2v) is 8.62. The van der Waals surface area contributed by atoms with Crippen molar-refractivity contribution in [2.24, 2.45) is 0 Å². The Kier molecular flexibility index (Phi) is 7.64. The van der Waals surface area contributed by atoms with E-state index in [4.69, 9.17) is 23.7 Å². The molecule has 2 aromatic carbocycles. The van der Waals surface area contributed by atoms with Crippen LogP contribution >= 0.6 is 0 Å². The van der Waals surface area contributed by atoms with Gasteiger partial charge in [0.05, 0.1) is 32.5 Å². The van der Waals surface area contributed by atoms with Crippen molar-refractivity contribution in [2.75, 3.05) is 34.2 Å².